The zero-order valence-corrected chi connectivity index (χ0v) is 13.2. The van der Waals surface area contributed by atoms with Crippen LogP contribution in [0.1, 0.15) is 36.7 Å². The Labute approximate surface area is 127 Å². The van der Waals surface area contributed by atoms with E-state index in [9.17, 15) is 0 Å². The minimum Gasteiger partial charge on any atom is -0.326 e. The molecule has 0 aliphatic heterocycles. The van der Waals surface area contributed by atoms with Crippen LogP contribution in [0.3, 0.4) is 0 Å². The molecule has 21 heavy (non-hydrogen) atoms. The Morgan fingerprint density at radius 2 is 1.86 bits per heavy atom. The van der Waals surface area contributed by atoms with Gasteiger partial charge in [0, 0.05) is 18.8 Å². The molecule has 2 unspecified atom stereocenters. The van der Waals surface area contributed by atoms with E-state index in [1.54, 1.807) is 0 Å². The van der Waals surface area contributed by atoms with Crippen molar-refractivity contribution in [1.29, 1.82) is 0 Å². The third-order valence-electron chi connectivity index (χ3n) is 3.81. The van der Waals surface area contributed by atoms with Crippen LogP contribution >= 0.6 is 0 Å². The summed E-state index contributed by atoms with van der Waals surface area (Å²) in [6.07, 6.45) is 1.84. The number of likely N-dealkylation sites (N-methyl/N-ethyl adjacent to an activating group) is 1. The van der Waals surface area contributed by atoms with Crippen LogP contribution in [0.5, 0.6) is 0 Å². The largest absolute Gasteiger partial charge is 0.326 e. The summed E-state index contributed by atoms with van der Waals surface area (Å²) in [6.45, 7) is 8.11. The summed E-state index contributed by atoms with van der Waals surface area (Å²) in [6, 6.07) is 15.0. The number of aryl methyl sites for hydroxylation is 1. The van der Waals surface area contributed by atoms with E-state index in [1.807, 2.05) is 18.3 Å². The maximum Gasteiger partial charge on any atom is 0.0544 e. The Morgan fingerprint density at radius 1 is 1.14 bits per heavy atom. The fourth-order valence-electron chi connectivity index (χ4n) is 2.72. The van der Waals surface area contributed by atoms with Crippen molar-refractivity contribution in [3.8, 4) is 0 Å². The molecule has 3 nitrogen and oxygen atoms in total. The van der Waals surface area contributed by atoms with Crippen LogP contribution in [-0.4, -0.2) is 22.5 Å². The normalized spacial score (nSPS) is 14.1. The van der Waals surface area contributed by atoms with E-state index in [0.717, 1.165) is 18.8 Å². The number of benzene rings is 1. The predicted molar refractivity (Wildman–Crippen MR) is 87.9 cm³/mol. The van der Waals surface area contributed by atoms with Gasteiger partial charge in [-0.3, -0.25) is 9.88 Å². The lowest BCUT2D eigenvalue weighted by Crippen LogP contribution is -2.39. The summed E-state index contributed by atoms with van der Waals surface area (Å²) in [5.74, 6) is 0. The van der Waals surface area contributed by atoms with Crippen LogP contribution < -0.4 is 5.73 Å². The second-order valence-corrected chi connectivity index (χ2v) is 5.60. The van der Waals surface area contributed by atoms with Gasteiger partial charge < -0.3 is 5.73 Å². The fourth-order valence-corrected chi connectivity index (χ4v) is 2.72. The van der Waals surface area contributed by atoms with Gasteiger partial charge in [-0.05, 0) is 38.1 Å². The molecule has 0 bridgehead atoms. The molecule has 1 aromatic carbocycles. The lowest BCUT2D eigenvalue weighted by Gasteiger charge is -2.33. The van der Waals surface area contributed by atoms with Crippen molar-refractivity contribution < 1.29 is 0 Å². The average molecular weight is 283 g/mol. The first-order chi connectivity index (χ1) is 10.1. The smallest absolute Gasteiger partial charge is 0.0544 e. The van der Waals surface area contributed by atoms with E-state index in [0.29, 0.717) is 0 Å². The molecule has 1 aromatic heterocycles. The van der Waals surface area contributed by atoms with Gasteiger partial charge in [-0.2, -0.15) is 0 Å². The molecule has 0 amide bonds. The van der Waals surface area contributed by atoms with Crippen molar-refractivity contribution in [3.63, 3.8) is 0 Å². The number of rotatable bonds is 6. The Hall–Kier alpha value is -1.71. The lowest BCUT2D eigenvalue weighted by molar-refractivity contribution is 0.175. The van der Waals surface area contributed by atoms with Gasteiger partial charge in [0.1, 0.15) is 0 Å². The van der Waals surface area contributed by atoms with Gasteiger partial charge in [0.15, 0.2) is 0 Å². The Bertz CT molecular complexity index is 534. The second kappa shape index (κ2) is 7.34. The van der Waals surface area contributed by atoms with Gasteiger partial charge in [-0.25, -0.2) is 0 Å². The number of aromatic nitrogens is 1. The Balaban J connectivity index is 2.24. The van der Waals surface area contributed by atoms with Crippen LogP contribution in [0, 0.1) is 6.92 Å². The summed E-state index contributed by atoms with van der Waals surface area (Å²) in [7, 11) is 0. The Kier molecular flexibility index (Phi) is 5.48. The number of nitrogens with zero attached hydrogens (tertiary/aromatic N) is 2. The maximum atomic E-state index is 6.27. The second-order valence-electron chi connectivity index (χ2n) is 5.60. The molecule has 0 aliphatic rings. The summed E-state index contributed by atoms with van der Waals surface area (Å²) in [5.41, 5.74) is 9.90. The first-order valence-corrected chi connectivity index (χ1v) is 7.58. The zero-order valence-electron chi connectivity index (χ0n) is 13.2. The highest BCUT2D eigenvalue weighted by molar-refractivity contribution is 5.25. The quantitative estimate of drug-likeness (QED) is 0.884. The van der Waals surface area contributed by atoms with Crippen molar-refractivity contribution in [1.82, 2.24) is 9.88 Å². The summed E-state index contributed by atoms with van der Waals surface area (Å²) >= 11 is 0. The van der Waals surface area contributed by atoms with Gasteiger partial charge in [0.25, 0.3) is 0 Å². The lowest BCUT2D eigenvalue weighted by atomic mass is 9.98. The third kappa shape index (κ3) is 4.13. The number of pyridine rings is 1. The molecule has 2 aromatic rings. The summed E-state index contributed by atoms with van der Waals surface area (Å²) in [4.78, 5) is 6.82. The SMILES string of the molecule is CCN(Cc1ccccn1)C(c1ccc(C)cc1)C(C)N. The maximum absolute atomic E-state index is 6.27. The third-order valence-corrected chi connectivity index (χ3v) is 3.81. The van der Waals surface area contributed by atoms with E-state index >= 15 is 0 Å². The van der Waals surface area contributed by atoms with Gasteiger partial charge in [-0.1, -0.05) is 42.8 Å². The van der Waals surface area contributed by atoms with Crippen LogP contribution in [0.25, 0.3) is 0 Å². The molecule has 112 valence electrons. The first-order valence-electron chi connectivity index (χ1n) is 7.58. The van der Waals surface area contributed by atoms with Gasteiger partial charge >= 0.3 is 0 Å². The molecule has 2 atom stereocenters. The number of hydrogen-bond donors (Lipinski definition) is 1. The van der Waals surface area contributed by atoms with Gasteiger partial charge in [0.05, 0.1) is 11.7 Å². The first kappa shape index (κ1) is 15.7. The van der Waals surface area contributed by atoms with E-state index in [1.165, 1.54) is 11.1 Å². The van der Waals surface area contributed by atoms with Crippen molar-refractivity contribution in [2.45, 2.75) is 39.4 Å². The van der Waals surface area contributed by atoms with E-state index in [2.05, 4.69) is 61.0 Å². The Morgan fingerprint density at radius 3 is 2.38 bits per heavy atom. The summed E-state index contributed by atoms with van der Waals surface area (Å²) < 4.78 is 0. The fraction of sp³-hybridized carbons (Fsp3) is 0.389. The minimum atomic E-state index is 0.0661. The van der Waals surface area contributed by atoms with E-state index in [4.69, 9.17) is 5.73 Å². The molecule has 0 saturated heterocycles. The zero-order chi connectivity index (χ0) is 15.2. The molecule has 0 aliphatic carbocycles. The molecular weight excluding hydrogens is 258 g/mol. The molecule has 0 saturated carbocycles. The van der Waals surface area contributed by atoms with E-state index in [-0.39, 0.29) is 12.1 Å². The molecule has 2 N–H and O–H groups in total. The van der Waals surface area contributed by atoms with Crippen LogP contribution in [0.4, 0.5) is 0 Å². The van der Waals surface area contributed by atoms with Crippen molar-refractivity contribution >= 4 is 0 Å². The van der Waals surface area contributed by atoms with Crippen molar-refractivity contribution in [3.05, 3.63) is 65.5 Å². The predicted octanol–water partition coefficient (Wildman–Crippen LogP) is 3.30. The van der Waals surface area contributed by atoms with Crippen LogP contribution in [0.2, 0.25) is 0 Å². The highest BCUT2D eigenvalue weighted by Gasteiger charge is 2.23. The van der Waals surface area contributed by atoms with Crippen molar-refractivity contribution in [2.75, 3.05) is 6.54 Å². The van der Waals surface area contributed by atoms with Gasteiger partial charge in [-0.15, -0.1) is 0 Å². The number of hydrogen-bond acceptors (Lipinski definition) is 3. The molecule has 3 heteroatoms. The topological polar surface area (TPSA) is 42.2 Å². The number of nitrogens with two attached hydrogens (primary N) is 1. The highest BCUT2D eigenvalue weighted by atomic mass is 15.2. The standard InChI is InChI=1S/C18H25N3/c1-4-21(13-17-7-5-6-12-20-17)18(15(3)19)16-10-8-14(2)9-11-16/h5-12,15,18H,4,13,19H2,1-3H3. The minimum absolute atomic E-state index is 0.0661. The molecule has 0 fully saturated rings. The van der Waals surface area contributed by atoms with Crippen LogP contribution in [-0.2, 0) is 6.54 Å². The highest BCUT2D eigenvalue weighted by Crippen LogP contribution is 2.25. The average Bonchev–Trinajstić information content (AvgIpc) is 2.49. The molecule has 0 spiro atoms. The molecule has 1 heterocycles. The monoisotopic (exact) mass is 283 g/mol. The summed E-state index contributed by atoms with van der Waals surface area (Å²) in [5, 5.41) is 0. The van der Waals surface area contributed by atoms with Gasteiger partial charge in [0.2, 0.25) is 0 Å². The van der Waals surface area contributed by atoms with E-state index < -0.39 is 0 Å². The molecule has 2 rings (SSSR count). The van der Waals surface area contributed by atoms with Crippen molar-refractivity contribution in [2.24, 2.45) is 5.73 Å². The molecule has 0 radical (unpaired) electrons. The molecular formula is C18H25N3. The van der Waals surface area contributed by atoms with Crippen LogP contribution in [0.15, 0.2) is 48.7 Å².